The van der Waals surface area contributed by atoms with Crippen LogP contribution in [0.25, 0.3) is 11.2 Å². The SMILES string of the molecule is O=C(O)CC1(Cc2nc3ncc(Br)cc3[nH]2)CCCC1. The lowest BCUT2D eigenvalue weighted by Crippen LogP contribution is -2.24. The highest BCUT2D eigenvalue weighted by Gasteiger charge is 2.37. The van der Waals surface area contributed by atoms with Gasteiger partial charge in [-0.1, -0.05) is 12.8 Å². The fourth-order valence-electron chi connectivity index (χ4n) is 3.23. The topological polar surface area (TPSA) is 78.9 Å². The molecule has 0 atom stereocenters. The lowest BCUT2D eigenvalue weighted by atomic mass is 9.79. The first kappa shape index (κ1) is 13.5. The normalized spacial score (nSPS) is 17.6. The predicted molar refractivity (Wildman–Crippen MR) is 78.4 cm³/mol. The van der Waals surface area contributed by atoms with Gasteiger partial charge in [0.2, 0.25) is 0 Å². The van der Waals surface area contributed by atoms with Crippen LogP contribution in [0.4, 0.5) is 0 Å². The summed E-state index contributed by atoms with van der Waals surface area (Å²) in [6.07, 6.45) is 6.78. The molecule has 0 aliphatic heterocycles. The van der Waals surface area contributed by atoms with Crippen molar-refractivity contribution in [3.63, 3.8) is 0 Å². The molecule has 0 amide bonds. The van der Waals surface area contributed by atoms with Crippen LogP contribution in [0.1, 0.15) is 37.9 Å². The van der Waals surface area contributed by atoms with Crippen LogP contribution in [-0.2, 0) is 11.2 Å². The zero-order chi connectivity index (χ0) is 14.2. The predicted octanol–water partition coefficient (Wildman–Crippen LogP) is 3.30. The summed E-state index contributed by atoms with van der Waals surface area (Å²) in [5.74, 6) is 0.123. The molecule has 2 aromatic heterocycles. The van der Waals surface area contributed by atoms with Crippen molar-refractivity contribution in [3.8, 4) is 0 Å². The van der Waals surface area contributed by atoms with Crippen molar-refractivity contribution in [2.24, 2.45) is 5.41 Å². The number of pyridine rings is 1. The molecule has 0 unspecified atom stereocenters. The van der Waals surface area contributed by atoms with E-state index >= 15 is 0 Å². The summed E-state index contributed by atoms with van der Waals surface area (Å²) in [6.45, 7) is 0. The molecule has 5 nitrogen and oxygen atoms in total. The van der Waals surface area contributed by atoms with Crippen LogP contribution in [-0.4, -0.2) is 26.0 Å². The number of carbonyl (C=O) groups is 1. The maximum absolute atomic E-state index is 11.1. The number of rotatable bonds is 4. The quantitative estimate of drug-likeness (QED) is 0.897. The van der Waals surface area contributed by atoms with Crippen LogP contribution >= 0.6 is 15.9 Å². The van der Waals surface area contributed by atoms with E-state index < -0.39 is 5.97 Å². The van der Waals surface area contributed by atoms with E-state index in [0.29, 0.717) is 12.1 Å². The summed E-state index contributed by atoms with van der Waals surface area (Å²) in [6, 6.07) is 1.94. The molecule has 0 aromatic carbocycles. The number of aromatic nitrogens is 3. The molecule has 6 heteroatoms. The number of fused-ring (bicyclic) bond motifs is 1. The van der Waals surface area contributed by atoms with E-state index in [2.05, 4.69) is 30.9 Å². The average Bonchev–Trinajstić information content (AvgIpc) is 2.94. The van der Waals surface area contributed by atoms with E-state index in [1.54, 1.807) is 6.20 Å². The number of hydrogen-bond acceptors (Lipinski definition) is 3. The Hall–Kier alpha value is -1.43. The molecule has 1 aliphatic rings. The molecule has 0 spiro atoms. The maximum Gasteiger partial charge on any atom is 0.303 e. The van der Waals surface area contributed by atoms with Gasteiger partial charge in [0.15, 0.2) is 5.65 Å². The Kier molecular flexibility index (Phi) is 3.50. The molecule has 20 heavy (non-hydrogen) atoms. The second-order valence-electron chi connectivity index (χ2n) is 5.66. The zero-order valence-corrected chi connectivity index (χ0v) is 12.6. The first-order valence-corrected chi connectivity index (χ1v) is 7.58. The highest BCUT2D eigenvalue weighted by Crippen LogP contribution is 2.43. The summed E-state index contributed by atoms with van der Waals surface area (Å²) in [4.78, 5) is 23.1. The fraction of sp³-hybridized carbons (Fsp3) is 0.500. The molecule has 2 N–H and O–H groups in total. The molecule has 0 saturated heterocycles. The number of carboxylic acid groups (broad SMARTS) is 1. The van der Waals surface area contributed by atoms with Crippen LogP contribution in [0.15, 0.2) is 16.7 Å². The molecule has 2 heterocycles. The largest absolute Gasteiger partial charge is 0.481 e. The summed E-state index contributed by atoms with van der Waals surface area (Å²) in [7, 11) is 0. The number of nitrogens with one attached hydrogen (secondary N) is 1. The number of imidazole rings is 1. The summed E-state index contributed by atoms with van der Waals surface area (Å²) >= 11 is 3.39. The number of carboxylic acids is 1. The van der Waals surface area contributed by atoms with E-state index in [-0.39, 0.29) is 11.8 Å². The van der Waals surface area contributed by atoms with Gasteiger partial charge in [-0.2, -0.15) is 0 Å². The third-order valence-corrected chi connectivity index (χ3v) is 4.52. The van der Waals surface area contributed by atoms with Crippen LogP contribution in [0, 0.1) is 5.41 Å². The molecule has 1 aliphatic carbocycles. The second kappa shape index (κ2) is 5.16. The Morgan fingerprint density at radius 2 is 2.20 bits per heavy atom. The van der Waals surface area contributed by atoms with E-state index in [0.717, 1.165) is 41.5 Å². The highest BCUT2D eigenvalue weighted by atomic mass is 79.9. The van der Waals surface area contributed by atoms with Crippen molar-refractivity contribution in [1.29, 1.82) is 0 Å². The van der Waals surface area contributed by atoms with Gasteiger partial charge in [-0.05, 0) is 40.3 Å². The number of aliphatic carboxylic acids is 1. The van der Waals surface area contributed by atoms with Crippen molar-refractivity contribution in [2.45, 2.75) is 38.5 Å². The van der Waals surface area contributed by atoms with E-state index in [4.69, 9.17) is 5.11 Å². The second-order valence-corrected chi connectivity index (χ2v) is 6.58. The Morgan fingerprint density at radius 1 is 1.45 bits per heavy atom. The summed E-state index contributed by atoms with van der Waals surface area (Å²) in [5.41, 5.74) is 1.43. The van der Waals surface area contributed by atoms with Crippen molar-refractivity contribution in [2.75, 3.05) is 0 Å². The third-order valence-electron chi connectivity index (χ3n) is 4.09. The molecule has 1 saturated carbocycles. The Bertz CT molecular complexity index is 647. The first-order chi connectivity index (χ1) is 9.56. The Morgan fingerprint density at radius 3 is 2.90 bits per heavy atom. The number of aromatic amines is 1. The average molecular weight is 338 g/mol. The lowest BCUT2D eigenvalue weighted by Gasteiger charge is -2.25. The van der Waals surface area contributed by atoms with Gasteiger partial charge in [0.25, 0.3) is 0 Å². The van der Waals surface area contributed by atoms with Gasteiger partial charge >= 0.3 is 5.97 Å². The maximum atomic E-state index is 11.1. The van der Waals surface area contributed by atoms with Crippen molar-refractivity contribution in [1.82, 2.24) is 15.0 Å². The Labute approximate surface area is 124 Å². The number of nitrogens with zero attached hydrogens (tertiary/aromatic N) is 2. The molecule has 0 radical (unpaired) electrons. The molecular weight excluding hydrogens is 322 g/mol. The molecule has 2 aromatic rings. The number of halogens is 1. The minimum absolute atomic E-state index is 0.142. The van der Waals surface area contributed by atoms with Gasteiger partial charge in [0.05, 0.1) is 11.9 Å². The van der Waals surface area contributed by atoms with E-state index in [1.165, 1.54) is 0 Å². The van der Waals surface area contributed by atoms with Gasteiger partial charge in [0.1, 0.15) is 5.82 Å². The zero-order valence-electron chi connectivity index (χ0n) is 11.0. The van der Waals surface area contributed by atoms with Gasteiger partial charge in [0, 0.05) is 17.1 Å². The molecule has 106 valence electrons. The fourth-order valence-corrected chi connectivity index (χ4v) is 3.56. The Balaban J connectivity index is 1.88. The summed E-state index contributed by atoms with van der Waals surface area (Å²) in [5, 5.41) is 9.14. The minimum atomic E-state index is -0.719. The monoisotopic (exact) mass is 337 g/mol. The number of hydrogen-bond donors (Lipinski definition) is 2. The van der Waals surface area contributed by atoms with Crippen molar-refractivity contribution < 1.29 is 9.90 Å². The summed E-state index contributed by atoms with van der Waals surface area (Å²) < 4.78 is 0.904. The van der Waals surface area contributed by atoms with Crippen LogP contribution < -0.4 is 0 Å². The van der Waals surface area contributed by atoms with Gasteiger partial charge in [-0.3, -0.25) is 4.79 Å². The van der Waals surface area contributed by atoms with Gasteiger partial charge in [-0.15, -0.1) is 0 Å². The van der Waals surface area contributed by atoms with Crippen LogP contribution in [0.3, 0.4) is 0 Å². The van der Waals surface area contributed by atoms with Crippen molar-refractivity contribution >= 4 is 33.1 Å². The number of H-pyrrole nitrogens is 1. The van der Waals surface area contributed by atoms with E-state index in [9.17, 15) is 4.79 Å². The standard InChI is InChI=1S/C14H16BrN3O2/c15-9-5-10-13(16-8-9)18-11(17-10)6-14(7-12(19)20)3-1-2-4-14/h5,8H,1-4,6-7H2,(H,19,20)(H,16,17,18). The van der Waals surface area contributed by atoms with Gasteiger partial charge in [-0.25, -0.2) is 9.97 Å². The van der Waals surface area contributed by atoms with Crippen LogP contribution in [0.2, 0.25) is 0 Å². The van der Waals surface area contributed by atoms with Gasteiger partial charge < -0.3 is 10.1 Å². The molecule has 0 bridgehead atoms. The minimum Gasteiger partial charge on any atom is -0.481 e. The van der Waals surface area contributed by atoms with Crippen molar-refractivity contribution in [3.05, 3.63) is 22.6 Å². The smallest absolute Gasteiger partial charge is 0.303 e. The molecule has 3 rings (SSSR count). The first-order valence-electron chi connectivity index (χ1n) is 6.78. The third kappa shape index (κ3) is 2.70. The lowest BCUT2D eigenvalue weighted by molar-refractivity contribution is -0.139. The molecular formula is C14H16BrN3O2. The highest BCUT2D eigenvalue weighted by molar-refractivity contribution is 9.10. The molecule has 1 fully saturated rings. The van der Waals surface area contributed by atoms with Crippen LogP contribution in [0.5, 0.6) is 0 Å². The van der Waals surface area contributed by atoms with E-state index in [1.807, 2.05) is 6.07 Å².